The third kappa shape index (κ3) is 2.10. The zero-order valence-corrected chi connectivity index (χ0v) is 10.2. The van der Waals surface area contributed by atoms with Gasteiger partial charge in [0.2, 0.25) is 0 Å². The minimum absolute atomic E-state index is 0.197. The summed E-state index contributed by atoms with van der Waals surface area (Å²) in [4.78, 5) is 19.0. The van der Waals surface area contributed by atoms with Gasteiger partial charge in [-0.1, -0.05) is 0 Å². The minimum atomic E-state index is -4.79. The van der Waals surface area contributed by atoms with Crippen LogP contribution in [0.3, 0.4) is 0 Å². The summed E-state index contributed by atoms with van der Waals surface area (Å²) in [5, 5.41) is 3.40. The van der Waals surface area contributed by atoms with Crippen LogP contribution in [-0.2, 0) is 6.18 Å². The van der Waals surface area contributed by atoms with Crippen LogP contribution in [0.5, 0.6) is 0 Å². The van der Waals surface area contributed by atoms with E-state index in [0.29, 0.717) is 5.65 Å². The van der Waals surface area contributed by atoms with Crippen LogP contribution in [0.4, 0.5) is 13.2 Å². The number of rotatable bonds is 2. The number of nitrogens with two attached hydrogens (primary N) is 1. The summed E-state index contributed by atoms with van der Waals surface area (Å²) in [6.45, 7) is 0. The van der Waals surface area contributed by atoms with Crippen LogP contribution < -0.4 is 5.73 Å². The molecule has 0 aliphatic rings. The maximum absolute atomic E-state index is 12.9. The lowest BCUT2D eigenvalue weighted by Gasteiger charge is -2.05. The van der Waals surface area contributed by atoms with E-state index in [-0.39, 0.29) is 5.82 Å². The number of hydrogen-bond acceptors (Lipinski definition) is 4. The molecular formula is C11H7F3N6O. The van der Waals surface area contributed by atoms with E-state index in [1.807, 2.05) is 0 Å². The molecule has 2 N–H and O–H groups in total. The van der Waals surface area contributed by atoms with E-state index in [2.05, 4.69) is 15.1 Å². The van der Waals surface area contributed by atoms with Crippen molar-refractivity contribution in [2.24, 2.45) is 5.73 Å². The third-order valence-electron chi connectivity index (χ3n) is 2.78. The molecule has 10 heteroatoms. The maximum atomic E-state index is 12.9. The van der Waals surface area contributed by atoms with E-state index in [1.165, 1.54) is 29.2 Å². The highest BCUT2D eigenvalue weighted by Crippen LogP contribution is 2.31. The van der Waals surface area contributed by atoms with E-state index in [1.54, 1.807) is 0 Å². The average molecular weight is 296 g/mol. The Morgan fingerprint density at radius 1 is 1.29 bits per heavy atom. The van der Waals surface area contributed by atoms with Gasteiger partial charge in [0.15, 0.2) is 17.2 Å². The molecule has 0 aliphatic heterocycles. The second kappa shape index (κ2) is 4.30. The molecule has 0 fully saturated rings. The zero-order chi connectivity index (χ0) is 15.2. The summed E-state index contributed by atoms with van der Waals surface area (Å²) in [6.07, 6.45) is 1.86. The van der Waals surface area contributed by atoms with Gasteiger partial charge in [-0.15, -0.1) is 0 Å². The van der Waals surface area contributed by atoms with E-state index < -0.39 is 23.3 Å². The fourth-order valence-electron chi connectivity index (χ4n) is 1.89. The van der Waals surface area contributed by atoms with Crippen molar-refractivity contribution in [2.45, 2.75) is 6.18 Å². The second-order valence-corrected chi connectivity index (χ2v) is 4.12. The van der Waals surface area contributed by atoms with Crippen LogP contribution in [0.15, 0.2) is 31.0 Å². The second-order valence-electron chi connectivity index (χ2n) is 4.12. The topological polar surface area (TPSA) is 91.1 Å². The van der Waals surface area contributed by atoms with Crippen molar-refractivity contribution in [3.05, 3.63) is 42.2 Å². The smallest absolute Gasteiger partial charge is 0.365 e. The quantitative estimate of drug-likeness (QED) is 0.764. The predicted octanol–water partition coefficient (Wildman–Crippen LogP) is 1.03. The summed E-state index contributed by atoms with van der Waals surface area (Å²) in [6, 6.07) is 0. The van der Waals surface area contributed by atoms with Gasteiger partial charge in [0.1, 0.15) is 0 Å². The fourth-order valence-corrected chi connectivity index (χ4v) is 1.89. The predicted molar refractivity (Wildman–Crippen MR) is 63.6 cm³/mol. The molecule has 1 amide bonds. The molecule has 0 radical (unpaired) electrons. The number of primary amides is 1. The normalized spacial score (nSPS) is 12.0. The van der Waals surface area contributed by atoms with E-state index in [4.69, 9.17) is 5.73 Å². The molecule has 3 aromatic rings. The standard InChI is InChI=1S/C11H7F3N6O/c12-11(13,14)9-6(10(15)21)5-20(18-9)8-4-16-3-7-17-1-2-19(7)8/h1-5H,(H2,15,21). The Kier molecular flexibility index (Phi) is 2.68. The minimum Gasteiger partial charge on any atom is -0.365 e. The first-order valence-corrected chi connectivity index (χ1v) is 5.62. The number of nitrogens with zero attached hydrogens (tertiary/aromatic N) is 5. The molecule has 0 atom stereocenters. The molecule has 0 saturated heterocycles. The molecule has 0 unspecified atom stereocenters. The number of aromatic nitrogens is 5. The molecule has 3 rings (SSSR count). The van der Waals surface area contributed by atoms with Crippen molar-refractivity contribution in [3.8, 4) is 5.82 Å². The molecule has 0 aliphatic carbocycles. The zero-order valence-electron chi connectivity index (χ0n) is 10.2. The van der Waals surface area contributed by atoms with Crippen molar-refractivity contribution in [1.82, 2.24) is 24.1 Å². The van der Waals surface area contributed by atoms with E-state index in [9.17, 15) is 18.0 Å². The Hall–Kier alpha value is -2.91. The molecule has 3 aromatic heterocycles. The Bertz CT molecular complexity index is 834. The van der Waals surface area contributed by atoms with Crippen molar-refractivity contribution in [1.29, 1.82) is 0 Å². The molecule has 0 bridgehead atoms. The number of alkyl halides is 3. The van der Waals surface area contributed by atoms with E-state index >= 15 is 0 Å². The molecule has 0 spiro atoms. The lowest BCUT2D eigenvalue weighted by Crippen LogP contribution is -2.17. The summed E-state index contributed by atoms with van der Waals surface area (Å²) in [5.74, 6) is -1.01. The van der Waals surface area contributed by atoms with Crippen LogP contribution in [0, 0.1) is 0 Å². The number of carbonyl (C=O) groups is 1. The molecule has 21 heavy (non-hydrogen) atoms. The monoisotopic (exact) mass is 296 g/mol. The van der Waals surface area contributed by atoms with Gasteiger partial charge in [-0.2, -0.15) is 18.3 Å². The number of fused-ring (bicyclic) bond motifs is 1. The third-order valence-corrected chi connectivity index (χ3v) is 2.78. The number of hydrogen-bond donors (Lipinski definition) is 1. The summed E-state index contributed by atoms with van der Waals surface area (Å²) < 4.78 is 41.0. The summed E-state index contributed by atoms with van der Waals surface area (Å²) >= 11 is 0. The van der Waals surface area contributed by atoms with Crippen molar-refractivity contribution < 1.29 is 18.0 Å². The molecule has 108 valence electrons. The first kappa shape index (κ1) is 13.1. The van der Waals surface area contributed by atoms with Gasteiger partial charge in [-0.3, -0.25) is 14.2 Å². The molecule has 0 aromatic carbocycles. The van der Waals surface area contributed by atoms with E-state index in [0.717, 1.165) is 10.9 Å². The van der Waals surface area contributed by atoms with Gasteiger partial charge in [0.05, 0.1) is 18.0 Å². The number of amides is 1. The summed E-state index contributed by atoms with van der Waals surface area (Å²) in [5.41, 5.74) is 3.35. The average Bonchev–Trinajstić information content (AvgIpc) is 3.04. The molecule has 7 nitrogen and oxygen atoms in total. The lowest BCUT2D eigenvalue weighted by molar-refractivity contribution is -0.141. The Morgan fingerprint density at radius 3 is 2.67 bits per heavy atom. The first-order valence-electron chi connectivity index (χ1n) is 5.62. The Labute approximate surface area is 114 Å². The highest BCUT2D eigenvalue weighted by atomic mass is 19.4. The van der Waals surface area contributed by atoms with Gasteiger partial charge in [0.25, 0.3) is 5.91 Å². The largest absolute Gasteiger partial charge is 0.435 e. The van der Waals surface area contributed by atoms with Gasteiger partial charge in [-0.05, 0) is 0 Å². The van der Waals surface area contributed by atoms with Gasteiger partial charge in [-0.25, -0.2) is 9.67 Å². The maximum Gasteiger partial charge on any atom is 0.435 e. The van der Waals surface area contributed by atoms with Crippen LogP contribution in [0.2, 0.25) is 0 Å². The van der Waals surface area contributed by atoms with Gasteiger partial charge >= 0.3 is 6.18 Å². The SMILES string of the molecule is NC(=O)c1cn(-c2cncc3nccn23)nc1C(F)(F)F. The van der Waals surface area contributed by atoms with Crippen molar-refractivity contribution in [3.63, 3.8) is 0 Å². The highest BCUT2D eigenvalue weighted by molar-refractivity contribution is 5.94. The van der Waals surface area contributed by atoms with Gasteiger partial charge in [0, 0.05) is 18.6 Å². The number of halogens is 3. The Morgan fingerprint density at radius 2 is 2.05 bits per heavy atom. The van der Waals surface area contributed by atoms with Crippen LogP contribution in [0.1, 0.15) is 16.1 Å². The molecule has 3 heterocycles. The highest BCUT2D eigenvalue weighted by Gasteiger charge is 2.39. The van der Waals surface area contributed by atoms with Crippen LogP contribution in [-0.4, -0.2) is 30.1 Å². The number of imidazole rings is 1. The molecular weight excluding hydrogens is 289 g/mol. The molecule has 0 saturated carbocycles. The van der Waals surface area contributed by atoms with Crippen LogP contribution in [0.25, 0.3) is 11.5 Å². The first-order chi connectivity index (χ1) is 9.88. The van der Waals surface area contributed by atoms with Crippen molar-refractivity contribution >= 4 is 11.6 Å². The Balaban J connectivity index is 2.24. The summed E-state index contributed by atoms with van der Waals surface area (Å²) in [7, 11) is 0. The van der Waals surface area contributed by atoms with Gasteiger partial charge < -0.3 is 5.73 Å². The van der Waals surface area contributed by atoms with Crippen LogP contribution >= 0.6 is 0 Å². The lowest BCUT2D eigenvalue weighted by atomic mass is 10.2. The number of carbonyl (C=O) groups excluding carboxylic acids is 1. The fraction of sp³-hybridized carbons (Fsp3) is 0.0909. The van der Waals surface area contributed by atoms with Crippen molar-refractivity contribution in [2.75, 3.05) is 0 Å².